The van der Waals surface area contributed by atoms with Gasteiger partial charge in [-0.25, -0.2) is 15.3 Å². The number of primary amides is 1. The molecule has 7 aliphatic rings. The zero-order chi connectivity index (χ0) is 92.1. The fraction of sp³-hybridized carbons (Fsp3) is 0.383. The van der Waals surface area contributed by atoms with Gasteiger partial charge in [-0.3, -0.25) is 53.0 Å². The number of carbonyl (C=O) groups excluding carboxylic acids is 9. The minimum Gasteiger partial charge on any atom is -0.508 e. The summed E-state index contributed by atoms with van der Waals surface area (Å²) in [5, 5.41) is 135. The number of halogens is 4. The zero-order valence-corrected chi connectivity index (χ0v) is 71.5. The molecule has 11 bridgehead atoms. The lowest BCUT2D eigenvalue weighted by atomic mass is 9.84. The van der Waals surface area contributed by atoms with Crippen LogP contribution in [0, 0.1) is 5.92 Å². The minimum atomic E-state index is -4.30. The number of hydrogen-bond acceptors (Lipinski definition) is 30. The molecule has 7 aromatic rings. The number of nitrogens with one attached hydrogen (secondary N) is 11. The lowest BCUT2D eigenvalue weighted by Gasteiger charge is -2.48. The topological polar surface area (TPSA) is 632 Å². The summed E-state index contributed by atoms with van der Waals surface area (Å²) in [6, 6.07) is 4.70. The van der Waals surface area contributed by atoms with E-state index in [1.54, 1.807) is 20.8 Å². The largest absolute Gasteiger partial charge is 0.508 e. The summed E-state index contributed by atoms with van der Waals surface area (Å²) >= 11 is 26.8. The monoisotopic (exact) mass is 1860 g/mol. The Morgan fingerprint density at radius 1 is 0.709 bits per heavy atom. The first-order valence-electron chi connectivity index (χ1n) is 39.2. The van der Waals surface area contributed by atoms with E-state index in [1.165, 1.54) is 62.8 Å². The smallest absolute Gasteiger partial charge is 0.274 e. The molecule has 8 heterocycles. The number of hydrogen-bond donors (Lipinski definition) is 22. The first-order chi connectivity index (χ1) is 60.1. The number of rotatable bonds is 23. The number of benzene rings is 6. The molecule has 0 radical (unpaired) electrons. The van der Waals surface area contributed by atoms with E-state index in [-0.39, 0.29) is 52.0 Å². The van der Waals surface area contributed by atoms with Crippen LogP contribution < -0.4 is 83.1 Å². The van der Waals surface area contributed by atoms with Crippen molar-refractivity contribution in [3.63, 3.8) is 0 Å². The van der Waals surface area contributed by atoms with Gasteiger partial charge in [0, 0.05) is 70.4 Å². The summed E-state index contributed by atoms with van der Waals surface area (Å²) in [6.45, 7) is 4.45. The highest BCUT2D eigenvalue weighted by atomic mass is 35.5. The molecular formula is C81H90Cl4N14O27S. The van der Waals surface area contributed by atoms with Crippen LogP contribution in [0.25, 0.3) is 11.1 Å². The van der Waals surface area contributed by atoms with Gasteiger partial charge in [0.1, 0.15) is 95.5 Å². The van der Waals surface area contributed by atoms with Crippen LogP contribution >= 0.6 is 46.4 Å². The minimum absolute atomic E-state index is 0.0630. The number of phenolic OH excluding ortho intramolecular Hbond substituents is 3. The Morgan fingerprint density at radius 2 is 1.35 bits per heavy atom. The summed E-state index contributed by atoms with van der Waals surface area (Å²) in [4.78, 5) is 143. The molecule has 7 aliphatic heterocycles. The highest BCUT2D eigenvalue weighted by molar-refractivity contribution is 7.87. The molecule has 127 heavy (non-hydrogen) atoms. The lowest BCUT2D eigenvalue weighted by Crippen LogP contribution is -2.65. The van der Waals surface area contributed by atoms with Gasteiger partial charge >= 0.3 is 0 Å². The number of aliphatic hydroxyl groups excluding tert-OH is 6. The van der Waals surface area contributed by atoms with Gasteiger partial charge in [-0.05, 0) is 145 Å². The number of nitrogens with two attached hydrogens (primary N) is 2. The van der Waals surface area contributed by atoms with Crippen LogP contribution in [0.5, 0.6) is 46.0 Å². The number of amides is 9. The molecule has 18 atom stereocenters. The van der Waals surface area contributed by atoms with E-state index < -0.39 is 283 Å². The van der Waals surface area contributed by atoms with E-state index in [2.05, 4.69) is 52.8 Å². The maximum absolute atomic E-state index is 16.4. The molecule has 2 saturated heterocycles. The van der Waals surface area contributed by atoms with Crippen LogP contribution in [0.2, 0.25) is 20.1 Å². The van der Waals surface area contributed by atoms with Crippen molar-refractivity contribution < 1.29 is 131 Å². The van der Waals surface area contributed by atoms with E-state index in [1.807, 2.05) is 10.2 Å². The van der Waals surface area contributed by atoms with Crippen molar-refractivity contribution in [2.75, 3.05) is 32.1 Å². The van der Waals surface area contributed by atoms with Crippen molar-refractivity contribution in [3.8, 4) is 57.1 Å². The van der Waals surface area contributed by atoms with E-state index in [0.29, 0.717) is 11.3 Å². The number of likely N-dealkylation sites (N-methyl/N-ethyl adjacent to an activating group) is 1. The normalized spacial score (nSPS) is 25.9. The van der Waals surface area contributed by atoms with E-state index >= 15 is 24.0 Å². The Balaban J connectivity index is 1.02. The fourth-order valence-electron chi connectivity index (χ4n) is 14.9. The van der Waals surface area contributed by atoms with Crippen LogP contribution in [-0.4, -0.2) is 218 Å². The van der Waals surface area contributed by atoms with Crippen molar-refractivity contribution in [2.24, 2.45) is 16.8 Å². The third kappa shape index (κ3) is 22.4. The van der Waals surface area contributed by atoms with Gasteiger partial charge in [-0.1, -0.05) is 78.5 Å². The third-order valence-corrected chi connectivity index (χ3v) is 22.9. The molecule has 0 saturated carbocycles. The van der Waals surface area contributed by atoms with Crippen LogP contribution in [0.15, 0.2) is 116 Å². The fourth-order valence-corrected chi connectivity index (χ4v) is 16.3. The second-order valence-electron chi connectivity index (χ2n) is 31.1. The Labute approximate surface area is 743 Å². The Kier molecular flexibility index (Phi) is 30.1. The SMILES string of the molecule is CNC(CC(C)C)C(=O)NC1C(=O)NC(CC(N)=O)C(=O)NC2C(=O)NC3C(=O)NC(C(=O)N[C@@H](C(=O)NOCCNS(N)(=O)=O)c4cc(O)cc(O)c4-c4cc3ccc4O)C(O)c3ccc(c(Cl)c3)Oc3cc2cc(c3OC2OC(CO)C(O)C(O)C2OC2C[C@@](C)(NCc3cncc(C(=O)Nc4cc(Cl)cc(Cl)c4)c3)C(O)C(C)O2)Oc2ccc(cc2Cl)C1O. The molecular weight excluding hydrogens is 1770 g/mol. The van der Waals surface area contributed by atoms with Crippen LogP contribution in [0.4, 0.5) is 5.69 Å². The molecule has 1 aromatic heterocycles. The Bertz CT molecular complexity index is 5500. The Morgan fingerprint density at radius 3 is 1.98 bits per heavy atom. The molecule has 0 aliphatic carbocycles. The molecule has 24 N–H and O–H groups in total. The summed E-state index contributed by atoms with van der Waals surface area (Å²) in [6.07, 6.45) is -16.9. The highest BCUT2D eigenvalue weighted by Crippen LogP contribution is 2.50. The lowest BCUT2D eigenvalue weighted by molar-refractivity contribution is -0.334. The number of carbonyl (C=O) groups is 9. The van der Waals surface area contributed by atoms with E-state index in [9.17, 15) is 73.6 Å². The van der Waals surface area contributed by atoms with Gasteiger partial charge in [-0.2, -0.15) is 8.42 Å². The van der Waals surface area contributed by atoms with Crippen LogP contribution in [0.1, 0.15) is 121 Å². The van der Waals surface area contributed by atoms with Gasteiger partial charge < -0.3 is 128 Å². The summed E-state index contributed by atoms with van der Waals surface area (Å²) < 4.78 is 64.7. The van der Waals surface area contributed by atoms with E-state index in [0.717, 1.165) is 66.7 Å². The van der Waals surface area contributed by atoms with Gasteiger partial charge in [0.05, 0.1) is 53.5 Å². The first-order valence-corrected chi connectivity index (χ1v) is 42.2. The molecule has 16 unspecified atom stereocenters. The number of phenols is 3. The average molecular weight is 1870 g/mol. The number of pyridine rings is 1. The number of aromatic nitrogens is 1. The molecule has 680 valence electrons. The first kappa shape index (κ1) is 95.2. The zero-order valence-electron chi connectivity index (χ0n) is 67.7. The van der Waals surface area contributed by atoms with Crippen molar-refractivity contribution in [3.05, 3.63) is 175 Å². The standard InChI is InChI=1S/C81H90Cl4N14O27S/c1-32(2)14-48(88-5)73(111)97-63-65(105)36-7-10-52(46(84)17-36)122-54-19-38-20-55(69(54)126-80-70(68(108)67(107)56(31-100)124-80)125-58-27-81(4,71(109)33(3)121-58)90-29-34-15-39(30-89-28-34)72(110)92-42-22-40(82)21-41(83)23-42)123-53-11-8-37(18-47(53)85)66(106)64-78(116)96-62(79(117)99-120-13-12-91-127(87,118)119)45-24-43(101)25-51(103)59(45)44-16-35(6-9-50(44)102)60(75(113)98-64)95-76(114)61(38)94-74(112)49(26-57(86)104)93-77(63)115/h6-11,15-25,28,30,32-33,48-49,56,58,60-68,70-71,80,88,90-91,100-103,105-109H,12-14,26-27,29,31H2,1-5H3,(H2,86,104)(H,92,110)(H,93,115)(H,94,112)(H,95,114)(H,96,116)(H,97,111)(H,98,113)(H,99,117)(H2,87,118,119)/t33?,48?,49?,56?,58?,60?,61?,62-,63?,64?,65?,66?,67?,68?,70?,71?,80?,81-/m1/s1. The van der Waals surface area contributed by atoms with Crippen molar-refractivity contribution in [1.82, 2.24) is 57.7 Å². The highest BCUT2D eigenvalue weighted by Gasteiger charge is 2.52. The van der Waals surface area contributed by atoms with E-state index in [4.69, 9.17) is 90.5 Å². The number of nitrogens with zero attached hydrogens (tertiary/aromatic N) is 1. The maximum atomic E-state index is 16.4. The number of anilines is 1. The predicted molar refractivity (Wildman–Crippen MR) is 448 cm³/mol. The average Bonchev–Trinajstić information content (AvgIpc) is 0.753. The van der Waals surface area contributed by atoms with Crippen LogP contribution in [0.3, 0.4) is 0 Å². The summed E-state index contributed by atoms with van der Waals surface area (Å²) in [7, 11) is -2.84. The van der Waals surface area contributed by atoms with Gasteiger partial charge in [0.2, 0.25) is 53.4 Å². The van der Waals surface area contributed by atoms with Crippen LogP contribution in [-0.2, 0) is 74.2 Å². The quantitative estimate of drug-likeness (QED) is 0.0320. The van der Waals surface area contributed by atoms with Crippen molar-refractivity contribution in [1.29, 1.82) is 0 Å². The predicted octanol–water partition coefficient (Wildman–Crippen LogP) is 1.65. The molecule has 2 fully saturated rings. The molecule has 9 amide bonds. The van der Waals surface area contributed by atoms with Gasteiger partial charge in [-0.15, -0.1) is 0 Å². The Hall–Kier alpha value is -11.0. The number of hydroxylamine groups is 1. The number of aromatic hydroxyl groups is 3. The maximum Gasteiger partial charge on any atom is 0.274 e. The second-order valence-corrected chi connectivity index (χ2v) is 34.2. The molecule has 0 spiro atoms. The molecule has 41 nitrogen and oxygen atoms in total. The third-order valence-electron chi connectivity index (χ3n) is 21.3. The second kappa shape index (κ2) is 40.2. The summed E-state index contributed by atoms with van der Waals surface area (Å²) in [5.74, 6) is -16.8. The number of ether oxygens (including phenoxy) is 6. The van der Waals surface area contributed by atoms with Crippen molar-refractivity contribution in [2.45, 2.75) is 163 Å². The number of aliphatic hydroxyl groups is 6. The molecule has 14 rings (SSSR count). The van der Waals surface area contributed by atoms with Gasteiger partial charge in [0.25, 0.3) is 22.0 Å². The summed E-state index contributed by atoms with van der Waals surface area (Å²) in [5.41, 5.74) is 4.15. The number of fused-ring (bicyclic) bond motifs is 15. The molecule has 46 heteroatoms. The van der Waals surface area contributed by atoms with Crippen molar-refractivity contribution >= 4 is 115 Å². The van der Waals surface area contributed by atoms with Gasteiger partial charge in [0.15, 0.2) is 23.9 Å². The molecule has 6 aromatic carbocycles.